The van der Waals surface area contributed by atoms with E-state index in [1.165, 1.54) is 31.5 Å². The lowest BCUT2D eigenvalue weighted by atomic mass is 10.0. The number of likely N-dealkylation sites (tertiary alicyclic amines) is 1. The monoisotopic (exact) mass is 246 g/mol. The normalized spacial score (nSPS) is 23.9. The highest BCUT2D eigenvalue weighted by Gasteiger charge is 2.40. The van der Waals surface area contributed by atoms with Gasteiger partial charge in [0, 0.05) is 24.0 Å². The van der Waals surface area contributed by atoms with Gasteiger partial charge in [0.1, 0.15) is 0 Å². The third-order valence-corrected chi connectivity index (χ3v) is 4.19. The molecule has 0 radical (unpaired) electrons. The van der Waals surface area contributed by atoms with Gasteiger partial charge in [0.25, 0.3) is 0 Å². The van der Waals surface area contributed by atoms with Gasteiger partial charge in [-0.3, -0.25) is 4.98 Å². The molecule has 0 bridgehead atoms. The van der Waals surface area contributed by atoms with Gasteiger partial charge in [-0.2, -0.15) is 0 Å². The summed E-state index contributed by atoms with van der Waals surface area (Å²) in [5.41, 5.74) is 8.43. The van der Waals surface area contributed by atoms with Crippen molar-refractivity contribution in [2.75, 3.05) is 25.5 Å². The van der Waals surface area contributed by atoms with Crippen molar-refractivity contribution in [2.45, 2.75) is 37.3 Å². The molecule has 2 aliphatic rings. The van der Waals surface area contributed by atoms with E-state index < -0.39 is 0 Å². The maximum atomic E-state index is 6.21. The van der Waals surface area contributed by atoms with Crippen LogP contribution in [0.4, 0.5) is 5.69 Å². The van der Waals surface area contributed by atoms with Gasteiger partial charge >= 0.3 is 0 Å². The average Bonchev–Trinajstić information content (AvgIpc) is 3.12. The Morgan fingerprint density at radius 2 is 2.06 bits per heavy atom. The van der Waals surface area contributed by atoms with E-state index in [2.05, 4.69) is 28.3 Å². The van der Waals surface area contributed by atoms with Gasteiger partial charge in [-0.25, -0.2) is 0 Å². The number of nitrogens with two attached hydrogens (primary N) is 1. The standard InChI is InChI=1S/C14H22N4/c1-18-6-2-12(3-7-18)17-13-8-11(9-16-10-13)14(15)4-5-14/h8-10,12,17H,2-7,15H2,1H3. The molecule has 0 aromatic carbocycles. The molecule has 2 fully saturated rings. The Bertz CT molecular complexity index is 420. The smallest absolute Gasteiger partial charge is 0.0532 e. The highest BCUT2D eigenvalue weighted by Crippen LogP contribution is 2.42. The first-order valence-corrected chi connectivity index (χ1v) is 6.85. The molecule has 0 atom stereocenters. The van der Waals surface area contributed by atoms with Crippen molar-refractivity contribution in [3.8, 4) is 0 Å². The van der Waals surface area contributed by atoms with Crippen molar-refractivity contribution >= 4 is 5.69 Å². The lowest BCUT2D eigenvalue weighted by Gasteiger charge is -2.30. The van der Waals surface area contributed by atoms with Crippen molar-refractivity contribution in [2.24, 2.45) is 5.73 Å². The Kier molecular flexibility index (Phi) is 2.99. The molecule has 0 unspecified atom stereocenters. The second-order valence-electron chi connectivity index (χ2n) is 5.84. The summed E-state index contributed by atoms with van der Waals surface area (Å²) >= 11 is 0. The summed E-state index contributed by atoms with van der Waals surface area (Å²) in [4.78, 5) is 6.70. The molecule has 0 amide bonds. The number of piperidine rings is 1. The second-order valence-corrected chi connectivity index (χ2v) is 5.84. The van der Waals surface area contributed by atoms with Gasteiger partial charge < -0.3 is 16.0 Å². The zero-order chi connectivity index (χ0) is 12.6. The SMILES string of the molecule is CN1CCC(Nc2cncc(C3(N)CC3)c2)CC1. The van der Waals surface area contributed by atoms with Gasteiger partial charge in [0.05, 0.1) is 5.69 Å². The van der Waals surface area contributed by atoms with E-state index in [0.717, 1.165) is 18.5 Å². The number of nitrogens with zero attached hydrogens (tertiary/aromatic N) is 2. The van der Waals surface area contributed by atoms with E-state index in [-0.39, 0.29) is 5.54 Å². The van der Waals surface area contributed by atoms with Crippen LogP contribution in [-0.2, 0) is 5.54 Å². The van der Waals surface area contributed by atoms with Crippen molar-refractivity contribution in [1.82, 2.24) is 9.88 Å². The minimum absolute atomic E-state index is 0.0858. The number of anilines is 1. The first-order chi connectivity index (χ1) is 8.66. The predicted octanol–water partition coefficient (Wildman–Crippen LogP) is 1.54. The van der Waals surface area contributed by atoms with Crippen LogP contribution in [0.5, 0.6) is 0 Å². The van der Waals surface area contributed by atoms with E-state index >= 15 is 0 Å². The Balaban J connectivity index is 1.66. The van der Waals surface area contributed by atoms with Crippen molar-refractivity contribution in [3.05, 3.63) is 24.0 Å². The molecule has 1 saturated carbocycles. The maximum absolute atomic E-state index is 6.21. The molecule has 3 N–H and O–H groups in total. The van der Waals surface area contributed by atoms with Crippen molar-refractivity contribution in [3.63, 3.8) is 0 Å². The zero-order valence-corrected chi connectivity index (χ0v) is 11.0. The number of hydrogen-bond acceptors (Lipinski definition) is 4. The van der Waals surface area contributed by atoms with Crippen LogP contribution < -0.4 is 11.1 Å². The number of rotatable bonds is 3. The van der Waals surface area contributed by atoms with Gasteiger partial charge in [0.2, 0.25) is 0 Å². The molecule has 1 saturated heterocycles. The number of pyridine rings is 1. The molecular formula is C14H22N4. The molecule has 1 aromatic heterocycles. The van der Waals surface area contributed by atoms with Crippen LogP contribution in [-0.4, -0.2) is 36.1 Å². The summed E-state index contributed by atoms with van der Waals surface area (Å²) < 4.78 is 0. The van der Waals surface area contributed by atoms with Crippen LogP contribution in [0.25, 0.3) is 0 Å². The molecule has 1 aliphatic heterocycles. The van der Waals surface area contributed by atoms with Crippen molar-refractivity contribution < 1.29 is 0 Å². The van der Waals surface area contributed by atoms with Gasteiger partial charge in [-0.05, 0) is 57.5 Å². The molecular weight excluding hydrogens is 224 g/mol. The second kappa shape index (κ2) is 4.52. The summed E-state index contributed by atoms with van der Waals surface area (Å²) in [5.74, 6) is 0. The van der Waals surface area contributed by atoms with E-state index in [9.17, 15) is 0 Å². The van der Waals surface area contributed by atoms with Crippen molar-refractivity contribution in [1.29, 1.82) is 0 Å². The van der Waals surface area contributed by atoms with Crippen LogP contribution >= 0.6 is 0 Å². The quantitative estimate of drug-likeness (QED) is 0.849. The average molecular weight is 246 g/mol. The maximum Gasteiger partial charge on any atom is 0.0532 e. The number of hydrogen-bond donors (Lipinski definition) is 2. The molecule has 1 aromatic rings. The van der Waals surface area contributed by atoms with Crippen LogP contribution in [0.3, 0.4) is 0 Å². The lowest BCUT2D eigenvalue weighted by Crippen LogP contribution is -2.36. The lowest BCUT2D eigenvalue weighted by molar-refractivity contribution is 0.264. The first-order valence-electron chi connectivity index (χ1n) is 6.85. The molecule has 0 spiro atoms. The summed E-state index contributed by atoms with van der Waals surface area (Å²) in [5, 5.41) is 3.60. The van der Waals surface area contributed by atoms with Crippen LogP contribution in [0, 0.1) is 0 Å². The number of aromatic nitrogens is 1. The van der Waals surface area contributed by atoms with Gasteiger partial charge in [-0.1, -0.05) is 0 Å². The number of nitrogens with one attached hydrogen (secondary N) is 1. The molecule has 2 heterocycles. The minimum Gasteiger partial charge on any atom is -0.381 e. The minimum atomic E-state index is -0.0858. The summed E-state index contributed by atoms with van der Waals surface area (Å²) in [6.45, 7) is 2.34. The molecule has 3 rings (SSSR count). The van der Waals surface area contributed by atoms with Crippen LogP contribution in [0.15, 0.2) is 18.5 Å². The molecule has 4 nitrogen and oxygen atoms in total. The Labute approximate surface area is 109 Å². The predicted molar refractivity (Wildman–Crippen MR) is 73.5 cm³/mol. The zero-order valence-electron chi connectivity index (χ0n) is 11.0. The van der Waals surface area contributed by atoms with Gasteiger partial charge in [-0.15, -0.1) is 0 Å². The largest absolute Gasteiger partial charge is 0.381 e. The highest BCUT2D eigenvalue weighted by atomic mass is 15.1. The summed E-state index contributed by atoms with van der Waals surface area (Å²) in [7, 11) is 2.18. The molecule has 1 aliphatic carbocycles. The molecule has 18 heavy (non-hydrogen) atoms. The van der Waals surface area contributed by atoms with E-state index in [0.29, 0.717) is 6.04 Å². The first kappa shape index (κ1) is 11.9. The fourth-order valence-electron chi connectivity index (χ4n) is 2.60. The molecule has 4 heteroatoms. The van der Waals surface area contributed by atoms with E-state index in [1.807, 2.05) is 12.4 Å². The fraction of sp³-hybridized carbons (Fsp3) is 0.643. The summed E-state index contributed by atoms with van der Waals surface area (Å²) in [6, 6.07) is 2.75. The van der Waals surface area contributed by atoms with E-state index in [1.54, 1.807) is 0 Å². The van der Waals surface area contributed by atoms with Crippen LogP contribution in [0.1, 0.15) is 31.2 Å². The van der Waals surface area contributed by atoms with Gasteiger partial charge in [0.15, 0.2) is 0 Å². The molecule has 98 valence electrons. The van der Waals surface area contributed by atoms with Crippen LogP contribution in [0.2, 0.25) is 0 Å². The Hall–Kier alpha value is -1.13. The Morgan fingerprint density at radius 1 is 1.33 bits per heavy atom. The Morgan fingerprint density at radius 3 is 2.72 bits per heavy atom. The topological polar surface area (TPSA) is 54.2 Å². The fourth-order valence-corrected chi connectivity index (χ4v) is 2.60. The van der Waals surface area contributed by atoms with E-state index in [4.69, 9.17) is 5.73 Å². The highest BCUT2D eigenvalue weighted by molar-refractivity contribution is 5.46. The third kappa shape index (κ3) is 2.49. The summed E-state index contributed by atoms with van der Waals surface area (Å²) in [6.07, 6.45) is 8.40. The third-order valence-electron chi connectivity index (χ3n) is 4.19.